The van der Waals surface area contributed by atoms with E-state index < -0.39 is 23.8 Å². The van der Waals surface area contributed by atoms with Crippen LogP contribution in [-0.2, 0) is 48.0 Å². The molecule has 5 N–H and O–H groups in total. The van der Waals surface area contributed by atoms with Crippen molar-refractivity contribution in [1.29, 1.82) is 0 Å². The lowest BCUT2D eigenvalue weighted by Crippen LogP contribution is -2.29. The quantitative estimate of drug-likeness (QED) is 0.0619. The molecule has 2 aliphatic heterocycles. The van der Waals surface area contributed by atoms with E-state index in [1.54, 1.807) is 0 Å². The van der Waals surface area contributed by atoms with Gasteiger partial charge >= 0.3 is 11.9 Å². The van der Waals surface area contributed by atoms with Gasteiger partial charge in [0.05, 0.1) is 62.6 Å². The number of allylic oxidation sites excluding steroid dienone is 1. The number of carbonyl (C=O) groups excluding carboxylic acids is 2. The lowest BCUT2D eigenvalue weighted by atomic mass is 9.84. The van der Waals surface area contributed by atoms with E-state index in [9.17, 15) is 19.5 Å². The molecule has 57 heavy (non-hydrogen) atoms. The minimum Gasteiger partial charge on any atom is -0.481 e. The maximum Gasteiger partial charge on any atom is 0.310 e. The second-order valence-electron chi connectivity index (χ2n) is 14.9. The SMILES string of the molecule is CCCCCCOCc1c(C)c2cc3nc(c(CC(=O)OC)c4nc(cc5[nH]c(cc1[nH]2)c(C)c5CC)C(C)=C4C(=O)NCCOCCO)C(CCC(=O)O)C3C. The van der Waals surface area contributed by atoms with Gasteiger partial charge in [-0.25, -0.2) is 4.98 Å². The van der Waals surface area contributed by atoms with Crippen LogP contribution in [0.5, 0.6) is 0 Å². The number of esters is 1. The van der Waals surface area contributed by atoms with Gasteiger partial charge in [0.15, 0.2) is 0 Å². The van der Waals surface area contributed by atoms with Gasteiger partial charge in [-0.2, -0.15) is 0 Å². The van der Waals surface area contributed by atoms with Gasteiger partial charge in [-0.3, -0.25) is 19.4 Å². The van der Waals surface area contributed by atoms with Crippen LogP contribution in [0, 0.1) is 13.8 Å². The number of H-pyrrole nitrogens is 2. The zero-order valence-corrected chi connectivity index (χ0v) is 34.5. The number of unbranched alkanes of at least 4 members (excludes halogenated alkanes) is 3. The third-order valence-electron chi connectivity index (χ3n) is 11.2. The Kier molecular flexibility index (Phi) is 15.2. The van der Waals surface area contributed by atoms with Crippen LogP contribution in [0.4, 0.5) is 0 Å². The second-order valence-corrected chi connectivity index (χ2v) is 14.9. The summed E-state index contributed by atoms with van der Waals surface area (Å²) in [5.41, 5.74) is 11.2. The molecule has 2 atom stereocenters. The minimum atomic E-state index is -0.943. The lowest BCUT2D eigenvalue weighted by Gasteiger charge is -2.18. The van der Waals surface area contributed by atoms with Gasteiger partial charge in [0.1, 0.15) is 0 Å². The van der Waals surface area contributed by atoms with Crippen molar-refractivity contribution >= 4 is 51.1 Å². The third-order valence-corrected chi connectivity index (χ3v) is 11.2. The van der Waals surface area contributed by atoms with E-state index in [0.717, 1.165) is 70.0 Å². The van der Waals surface area contributed by atoms with Crippen LogP contribution in [0.3, 0.4) is 0 Å². The fourth-order valence-electron chi connectivity index (χ4n) is 7.86. The predicted octanol–water partition coefficient (Wildman–Crippen LogP) is 7.11. The highest BCUT2D eigenvalue weighted by Crippen LogP contribution is 2.44. The number of nitrogens with one attached hydrogen (secondary N) is 3. The molecule has 0 spiro atoms. The first kappa shape index (κ1) is 43.3. The molecule has 0 aliphatic carbocycles. The van der Waals surface area contributed by atoms with Crippen LogP contribution in [-0.4, -0.2) is 88.1 Å². The Labute approximate surface area is 334 Å². The molecule has 13 nitrogen and oxygen atoms in total. The third kappa shape index (κ3) is 10.0. The van der Waals surface area contributed by atoms with Crippen molar-refractivity contribution in [2.24, 2.45) is 0 Å². The maximum absolute atomic E-state index is 14.1. The normalized spacial score (nSPS) is 15.3. The van der Waals surface area contributed by atoms with E-state index in [4.69, 9.17) is 29.3 Å². The predicted molar refractivity (Wildman–Crippen MR) is 221 cm³/mol. The molecule has 1 amide bonds. The summed E-state index contributed by atoms with van der Waals surface area (Å²) in [6.45, 7) is 13.8. The van der Waals surface area contributed by atoms with Crippen LogP contribution in [0.15, 0.2) is 18.2 Å². The number of amides is 1. The van der Waals surface area contributed by atoms with Crippen LogP contribution in [0.1, 0.15) is 129 Å². The maximum atomic E-state index is 14.1. The number of aliphatic hydroxyl groups excluding tert-OH is 1. The fourth-order valence-corrected chi connectivity index (χ4v) is 7.86. The highest BCUT2D eigenvalue weighted by atomic mass is 16.5. The number of carboxylic acids is 1. The molecule has 2 aliphatic rings. The molecule has 0 aromatic carbocycles. The van der Waals surface area contributed by atoms with Gasteiger partial charge in [0, 0.05) is 70.3 Å². The van der Waals surface area contributed by atoms with E-state index >= 15 is 0 Å². The van der Waals surface area contributed by atoms with Gasteiger partial charge in [-0.1, -0.05) is 40.0 Å². The van der Waals surface area contributed by atoms with Crippen molar-refractivity contribution in [3.63, 3.8) is 0 Å². The molecule has 0 saturated heterocycles. The van der Waals surface area contributed by atoms with Gasteiger partial charge in [0.2, 0.25) is 0 Å². The smallest absolute Gasteiger partial charge is 0.310 e. The zero-order chi connectivity index (χ0) is 41.2. The molecular weight excluding hydrogens is 727 g/mol. The monoisotopic (exact) mass is 785 g/mol. The molecule has 5 heterocycles. The lowest BCUT2D eigenvalue weighted by molar-refractivity contribution is -0.140. The molecule has 0 saturated carbocycles. The topological polar surface area (TPSA) is 189 Å². The largest absolute Gasteiger partial charge is 0.481 e. The average molecular weight is 786 g/mol. The van der Waals surface area contributed by atoms with E-state index in [-0.39, 0.29) is 57.1 Å². The summed E-state index contributed by atoms with van der Waals surface area (Å²) in [5, 5.41) is 21.9. The van der Waals surface area contributed by atoms with Crippen molar-refractivity contribution < 1.29 is 38.8 Å². The Morgan fingerprint density at radius 2 is 1.58 bits per heavy atom. The summed E-state index contributed by atoms with van der Waals surface area (Å²) in [6, 6.07) is 6.09. The van der Waals surface area contributed by atoms with Crippen molar-refractivity contribution in [3.8, 4) is 0 Å². The van der Waals surface area contributed by atoms with Crippen molar-refractivity contribution in [2.75, 3.05) is 40.1 Å². The number of aromatic amines is 2. The number of aromatic nitrogens is 4. The van der Waals surface area contributed by atoms with Gasteiger partial charge in [-0.05, 0) is 80.5 Å². The summed E-state index contributed by atoms with van der Waals surface area (Å²) < 4.78 is 16.8. The minimum absolute atomic E-state index is 0.116. The Morgan fingerprint density at radius 1 is 0.860 bits per heavy atom. The summed E-state index contributed by atoms with van der Waals surface area (Å²) in [4.78, 5) is 57.0. The molecule has 3 aromatic rings. The number of hydrogen-bond donors (Lipinski definition) is 5. The molecule has 8 bridgehead atoms. The van der Waals surface area contributed by atoms with Crippen molar-refractivity contribution in [2.45, 2.75) is 111 Å². The van der Waals surface area contributed by atoms with Crippen LogP contribution in [0.2, 0.25) is 0 Å². The van der Waals surface area contributed by atoms with Crippen LogP contribution in [0.25, 0.3) is 33.2 Å². The first-order chi connectivity index (χ1) is 27.4. The van der Waals surface area contributed by atoms with E-state index in [1.165, 1.54) is 13.5 Å². The number of aliphatic hydroxyl groups is 1. The number of methoxy groups -OCH3 is 1. The Balaban J connectivity index is 1.86. The van der Waals surface area contributed by atoms with Crippen LogP contribution >= 0.6 is 0 Å². The molecular formula is C44H59N5O8. The second kappa shape index (κ2) is 20.0. The number of rotatable bonds is 19. The van der Waals surface area contributed by atoms with Crippen LogP contribution < -0.4 is 5.32 Å². The Hall–Kier alpha value is -4.85. The van der Waals surface area contributed by atoms with Gasteiger partial charge in [0.25, 0.3) is 5.91 Å². The number of nitrogens with zero attached hydrogens (tertiary/aromatic N) is 2. The van der Waals surface area contributed by atoms with Gasteiger partial charge < -0.3 is 39.7 Å². The van der Waals surface area contributed by atoms with Crippen molar-refractivity contribution in [3.05, 3.63) is 68.8 Å². The number of aryl methyl sites for hydroxylation is 3. The molecule has 0 radical (unpaired) electrons. The van der Waals surface area contributed by atoms with Crippen molar-refractivity contribution in [1.82, 2.24) is 25.3 Å². The standard InChI is InChI=1S/C44H59N5O8/c1-8-10-11-12-17-57-24-32-27(5)33-21-35-26(4)30(13-14-39(51)52)42(48-35)31(20-40(53)55-7)43-41(44(54)45-15-18-56-19-16-50)28(6)36(49-43)23-37-29(9-2)25(3)34(46-37)22-38(32)47-33/h21-23,26,30,46-47,50H,8-20,24H2,1-7H3,(H,45,54)(H,51,52). The number of carbonyl (C=O) groups is 3. The summed E-state index contributed by atoms with van der Waals surface area (Å²) in [5.74, 6) is -2.53. The molecule has 0 fully saturated rings. The molecule has 308 valence electrons. The first-order valence-corrected chi connectivity index (χ1v) is 20.2. The number of ether oxygens (including phenoxy) is 3. The zero-order valence-electron chi connectivity index (χ0n) is 34.5. The van der Waals surface area contributed by atoms with E-state index in [0.29, 0.717) is 47.1 Å². The Morgan fingerprint density at radius 3 is 2.26 bits per heavy atom. The van der Waals surface area contributed by atoms with E-state index in [1.807, 2.05) is 26.0 Å². The molecule has 5 rings (SSSR count). The summed E-state index contributed by atoms with van der Waals surface area (Å²) in [6.07, 6.45) is 5.11. The van der Waals surface area contributed by atoms with E-state index in [2.05, 4.69) is 49.0 Å². The first-order valence-electron chi connectivity index (χ1n) is 20.2. The number of fused-ring (bicyclic) bond motifs is 8. The molecule has 3 aromatic heterocycles. The highest BCUT2D eigenvalue weighted by molar-refractivity contribution is 6.27. The number of carboxylic acid groups (broad SMARTS) is 1. The number of aliphatic carboxylic acids is 1. The Bertz CT molecular complexity index is 2150. The summed E-state index contributed by atoms with van der Waals surface area (Å²) >= 11 is 0. The highest BCUT2D eigenvalue weighted by Gasteiger charge is 2.35. The number of hydrogen-bond acceptors (Lipinski definition) is 9. The average Bonchev–Trinajstić information content (AvgIpc) is 3.87. The van der Waals surface area contributed by atoms with Gasteiger partial charge in [-0.15, -0.1) is 0 Å². The fraction of sp³-hybridized carbons (Fsp3) is 0.523. The molecule has 2 unspecified atom stereocenters. The molecule has 13 heteroatoms. The summed E-state index contributed by atoms with van der Waals surface area (Å²) in [7, 11) is 1.31.